The summed E-state index contributed by atoms with van der Waals surface area (Å²) >= 11 is 38.1. The van der Waals surface area contributed by atoms with E-state index in [1.54, 1.807) is 0 Å². The molecular formula is C4H10Cl8O. The minimum absolute atomic E-state index is 0. The molecule has 13 heavy (non-hydrogen) atoms. The van der Waals surface area contributed by atoms with Crippen molar-refractivity contribution in [3.63, 3.8) is 0 Å². The third kappa shape index (κ3) is 414. The van der Waals surface area contributed by atoms with Gasteiger partial charge in [0.25, 0.3) is 0 Å². The average molecular weight is 358 g/mol. The molecule has 88 valence electrons. The predicted molar refractivity (Wildman–Crippen MR) is 69.9 cm³/mol. The molecule has 2 N–H and O–H groups in total. The Labute approximate surface area is 119 Å². The van der Waals surface area contributed by atoms with Crippen LogP contribution in [0.15, 0.2) is 0 Å². The highest BCUT2D eigenvalue weighted by atomic mass is 35.5. The van der Waals surface area contributed by atoms with Gasteiger partial charge in [-0.25, -0.2) is 0 Å². The van der Waals surface area contributed by atoms with E-state index < -0.39 is 0 Å². The Morgan fingerprint density at radius 2 is 0.385 bits per heavy atom. The van der Waals surface area contributed by atoms with E-state index in [-0.39, 0.29) is 26.8 Å². The maximum Gasteiger partial charge on any atom is 0.0967 e. The van der Waals surface area contributed by atoms with Crippen LogP contribution in [0.5, 0.6) is 0 Å². The summed E-state index contributed by atoms with van der Waals surface area (Å²) in [6, 6.07) is 0. The Bertz CT molecular complexity index is 24.1. The van der Waals surface area contributed by atoms with Crippen molar-refractivity contribution < 1.29 is 5.48 Å². The SMILES string of the molecule is ClCCl.ClCCl.ClCCl.ClCCl.O. The van der Waals surface area contributed by atoms with Gasteiger partial charge in [-0.2, -0.15) is 0 Å². The minimum atomic E-state index is 0. The standard InChI is InChI=1S/4CH2Cl2.H2O/c4*2-1-3;/h4*1H2;1H2. The summed E-state index contributed by atoms with van der Waals surface area (Å²) < 4.78 is 0. The van der Waals surface area contributed by atoms with Crippen molar-refractivity contribution >= 4 is 92.8 Å². The molecule has 0 atom stereocenters. The highest BCUT2D eigenvalue weighted by Crippen LogP contribution is 1.74. The van der Waals surface area contributed by atoms with Gasteiger partial charge in [0.15, 0.2) is 0 Å². The van der Waals surface area contributed by atoms with Crippen LogP contribution in [0, 0.1) is 0 Å². The zero-order valence-electron chi connectivity index (χ0n) is 6.35. The van der Waals surface area contributed by atoms with E-state index in [4.69, 9.17) is 92.8 Å². The van der Waals surface area contributed by atoms with Gasteiger partial charge >= 0.3 is 0 Å². The largest absolute Gasteiger partial charge is 0.412 e. The van der Waals surface area contributed by atoms with Crippen LogP contribution in [-0.2, 0) is 0 Å². The number of alkyl halides is 8. The lowest BCUT2D eigenvalue weighted by Gasteiger charge is -1.42. The van der Waals surface area contributed by atoms with Gasteiger partial charge in [-0.15, -0.1) is 92.8 Å². The predicted octanol–water partition coefficient (Wildman–Crippen LogP) is 4.86. The van der Waals surface area contributed by atoms with Crippen molar-refractivity contribution in [1.82, 2.24) is 0 Å². The maximum absolute atomic E-state index is 4.76. The summed E-state index contributed by atoms with van der Waals surface area (Å²) in [5.74, 6) is 0. The van der Waals surface area contributed by atoms with Crippen LogP contribution in [0.25, 0.3) is 0 Å². The monoisotopic (exact) mass is 354 g/mol. The molecule has 1 nitrogen and oxygen atoms in total. The fourth-order valence-electron chi connectivity index (χ4n) is 0. The van der Waals surface area contributed by atoms with E-state index in [1.165, 1.54) is 0 Å². The highest BCUT2D eigenvalue weighted by Gasteiger charge is 1.42. The molecule has 0 aliphatic carbocycles. The van der Waals surface area contributed by atoms with Gasteiger partial charge in [-0.1, -0.05) is 0 Å². The molecule has 0 aliphatic heterocycles. The van der Waals surface area contributed by atoms with Gasteiger partial charge in [0.1, 0.15) is 0 Å². The molecule has 0 rings (SSSR count). The van der Waals surface area contributed by atoms with E-state index >= 15 is 0 Å². The molecule has 0 saturated carbocycles. The molecule has 0 heterocycles. The second-order valence-corrected chi connectivity index (χ2v) is 3.64. The summed E-state index contributed by atoms with van der Waals surface area (Å²) in [5, 5.41) is 0.778. The van der Waals surface area contributed by atoms with Crippen molar-refractivity contribution in [1.29, 1.82) is 0 Å². The molecule has 0 saturated heterocycles. The lowest BCUT2D eigenvalue weighted by Crippen LogP contribution is -1.24. The topological polar surface area (TPSA) is 31.5 Å². The van der Waals surface area contributed by atoms with E-state index in [2.05, 4.69) is 0 Å². The van der Waals surface area contributed by atoms with Crippen molar-refractivity contribution in [2.75, 3.05) is 21.4 Å². The lowest BCUT2D eigenvalue weighted by atomic mass is 11.9. The first kappa shape index (κ1) is 29.5. The Morgan fingerprint density at radius 1 is 0.385 bits per heavy atom. The molecule has 0 fully saturated rings. The quantitative estimate of drug-likeness (QED) is 0.554. The van der Waals surface area contributed by atoms with Crippen molar-refractivity contribution in [3.05, 3.63) is 0 Å². The normalized spacial score (nSPS) is 5.54. The van der Waals surface area contributed by atoms with Gasteiger partial charge < -0.3 is 5.48 Å². The van der Waals surface area contributed by atoms with E-state index in [0.717, 1.165) is 0 Å². The van der Waals surface area contributed by atoms with Gasteiger partial charge in [-0.05, 0) is 0 Å². The summed E-state index contributed by atoms with van der Waals surface area (Å²) in [6.45, 7) is 0. The maximum atomic E-state index is 4.76. The second-order valence-electron chi connectivity index (χ2n) is 0.404. The first-order valence-electron chi connectivity index (χ1n) is 2.14. The smallest absolute Gasteiger partial charge is 0.0967 e. The molecule has 0 bridgehead atoms. The highest BCUT2D eigenvalue weighted by molar-refractivity contribution is 6.41. The Hall–Kier alpha value is 2.28. The van der Waals surface area contributed by atoms with E-state index in [1.807, 2.05) is 0 Å². The zero-order chi connectivity index (χ0) is 10.8. The van der Waals surface area contributed by atoms with E-state index in [9.17, 15) is 0 Å². The number of rotatable bonds is 0. The molecule has 0 radical (unpaired) electrons. The van der Waals surface area contributed by atoms with Crippen LogP contribution in [0.4, 0.5) is 0 Å². The first-order chi connectivity index (χ1) is 5.66. The summed E-state index contributed by atoms with van der Waals surface area (Å²) in [5.41, 5.74) is 0. The molecule has 0 aliphatic rings. The molecule has 0 unspecified atom stereocenters. The molecule has 0 spiro atoms. The minimum Gasteiger partial charge on any atom is -0.412 e. The molecule has 0 aromatic rings. The summed E-state index contributed by atoms with van der Waals surface area (Å²) in [7, 11) is 0. The Balaban J connectivity index is -0.0000000213. The fourth-order valence-corrected chi connectivity index (χ4v) is 0. The van der Waals surface area contributed by atoms with Crippen LogP contribution >= 0.6 is 92.8 Å². The van der Waals surface area contributed by atoms with Gasteiger partial charge in [0.2, 0.25) is 0 Å². The number of halogens is 8. The van der Waals surface area contributed by atoms with Gasteiger partial charge in [0, 0.05) is 0 Å². The summed E-state index contributed by atoms with van der Waals surface area (Å²) in [4.78, 5) is 0. The molecule has 9 heteroatoms. The van der Waals surface area contributed by atoms with Crippen LogP contribution in [0.1, 0.15) is 0 Å². The van der Waals surface area contributed by atoms with E-state index in [0.29, 0.717) is 0 Å². The Morgan fingerprint density at radius 3 is 0.385 bits per heavy atom. The molecular weight excluding hydrogens is 348 g/mol. The number of hydrogen-bond acceptors (Lipinski definition) is 0. The molecule has 0 amide bonds. The third-order valence-corrected chi connectivity index (χ3v) is 0. The number of hydrogen-bond donors (Lipinski definition) is 0. The fraction of sp³-hybridized carbons (Fsp3) is 1.00. The first-order valence-corrected chi connectivity index (χ1v) is 6.41. The van der Waals surface area contributed by atoms with Crippen molar-refractivity contribution in [2.24, 2.45) is 0 Å². The van der Waals surface area contributed by atoms with Gasteiger partial charge in [0.05, 0.1) is 21.4 Å². The lowest BCUT2D eigenvalue weighted by molar-refractivity contribution is 0.824. The second kappa shape index (κ2) is 63.9. The van der Waals surface area contributed by atoms with Gasteiger partial charge in [-0.3, -0.25) is 0 Å². The molecule has 0 aromatic heterocycles. The zero-order valence-corrected chi connectivity index (χ0v) is 12.4. The van der Waals surface area contributed by atoms with Crippen molar-refractivity contribution in [3.8, 4) is 0 Å². The van der Waals surface area contributed by atoms with Crippen LogP contribution in [0.2, 0.25) is 0 Å². The van der Waals surface area contributed by atoms with Crippen LogP contribution in [0.3, 0.4) is 0 Å². The average Bonchev–Trinajstić information content (AvgIpc) is 1.92. The van der Waals surface area contributed by atoms with Crippen molar-refractivity contribution in [2.45, 2.75) is 0 Å². The third-order valence-electron chi connectivity index (χ3n) is 0. The van der Waals surface area contributed by atoms with Crippen LogP contribution < -0.4 is 0 Å². The Kier molecular flexibility index (Phi) is 145. The molecule has 0 aromatic carbocycles. The summed E-state index contributed by atoms with van der Waals surface area (Å²) in [6.07, 6.45) is 0. The van der Waals surface area contributed by atoms with Crippen LogP contribution in [-0.4, -0.2) is 26.8 Å².